The standard InChI is InChI=1S/C12H10O3/c1-15-12(14)9-6-2-4-8-5-3-7-10(13)11(8)9/h2-7,13H,1H3. The van der Waals surface area contributed by atoms with Crippen LogP contribution in [0.15, 0.2) is 36.4 Å². The molecule has 3 nitrogen and oxygen atoms in total. The molecular weight excluding hydrogens is 192 g/mol. The third kappa shape index (κ3) is 1.52. The van der Waals surface area contributed by atoms with Crippen LogP contribution in [0.5, 0.6) is 5.75 Å². The molecule has 76 valence electrons. The van der Waals surface area contributed by atoms with Gasteiger partial charge in [-0.3, -0.25) is 0 Å². The van der Waals surface area contributed by atoms with Crippen molar-refractivity contribution in [1.29, 1.82) is 0 Å². The molecule has 0 saturated heterocycles. The topological polar surface area (TPSA) is 46.5 Å². The Morgan fingerprint density at radius 3 is 2.53 bits per heavy atom. The molecule has 0 bridgehead atoms. The lowest BCUT2D eigenvalue weighted by Gasteiger charge is -2.05. The molecule has 0 fully saturated rings. The lowest BCUT2D eigenvalue weighted by molar-refractivity contribution is 0.0602. The van der Waals surface area contributed by atoms with E-state index in [4.69, 9.17) is 0 Å². The Hall–Kier alpha value is -2.03. The van der Waals surface area contributed by atoms with E-state index in [1.807, 2.05) is 12.1 Å². The Bertz CT molecular complexity index is 512. The number of fused-ring (bicyclic) bond motifs is 1. The van der Waals surface area contributed by atoms with E-state index >= 15 is 0 Å². The smallest absolute Gasteiger partial charge is 0.338 e. The highest BCUT2D eigenvalue weighted by molar-refractivity contribution is 6.06. The highest BCUT2D eigenvalue weighted by Gasteiger charge is 2.12. The average Bonchev–Trinajstić information content (AvgIpc) is 2.28. The first-order valence-electron chi connectivity index (χ1n) is 4.53. The number of benzene rings is 2. The number of esters is 1. The van der Waals surface area contributed by atoms with Gasteiger partial charge in [0.15, 0.2) is 0 Å². The van der Waals surface area contributed by atoms with E-state index in [1.54, 1.807) is 24.3 Å². The molecule has 0 unspecified atom stereocenters. The van der Waals surface area contributed by atoms with Crippen LogP contribution in [0.1, 0.15) is 10.4 Å². The van der Waals surface area contributed by atoms with E-state index in [2.05, 4.69) is 4.74 Å². The summed E-state index contributed by atoms with van der Waals surface area (Å²) in [6, 6.07) is 10.3. The molecule has 0 aliphatic rings. The van der Waals surface area contributed by atoms with Crippen LogP contribution in [0.2, 0.25) is 0 Å². The van der Waals surface area contributed by atoms with Crippen molar-refractivity contribution in [3.05, 3.63) is 42.0 Å². The number of ether oxygens (including phenoxy) is 1. The molecule has 1 N–H and O–H groups in total. The second-order valence-corrected chi connectivity index (χ2v) is 3.17. The van der Waals surface area contributed by atoms with Gasteiger partial charge in [0.2, 0.25) is 0 Å². The summed E-state index contributed by atoms with van der Waals surface area (Å²) in [5.41, 5.74) is 0.383. The van der Waals surface area contributed by atoms with Gasteiger partial charge in [-0.15, -0.1) is 0 Å². The van der Waals surface area contributed by atoms with Gasteiger partial charge >= 0.3 is 5.97 Å². The van der Waals surface area contributed by atoms with Crippen LogP contribution < -0.4 is 0 Å². The fraction of sp³-hybridized carbons (Fsp3) is 0.0833. The minimum atomic E-state index is -0.443. The molecule has 0 amide bonds. The van der Waals surface area contributed by atoms with Gasteiger partial charge in [0.1, 0.15) is 5.75 Å². The largest absolute Gasteiger partial charge is 0.507 e. The Morgan fingerprint density at radius 1 is 1.20 bits per heavy atom. The fourth-order valence-corrected chi connectivity index (χ4v) is 1.60. The molecule has 0 aliphatic carbocycles. The van der Waals surface area contributed by atoms with Crippen molar-refractivity contribution in [3.63, 3.8) is 0 Å². The highest BCUT2D eigenvalue weighted by atomic mass is 16.5. The van der Waals surface area contributed by atoms with Gasteiger partial charge in [-0.25, -0.2) is 4.79 Å². The molecule has 3 heteroatoms. The predicted molar refractivity (Wildman–Crippen MR) is 57.0 cm³/mol. The predicted octanol–water partition coefficient (Wildman–Crippen LogP) is 2.33. The Morgan fingerprint density at radius 2 is 1.87 bits per heavy atom. The van der Waals surface area contributed by atoms with Crippen molar-refractivity contribution in [2.45, 2.75) is 0 Å². The maximum atomic E-state index is 11.4. The summed E-state index contributed by atoms with van der Waals surface area (Å²) < 4.78 is 4.65. The molecule has 2 aromatic carbocycles. The number of carbonyl (C=O) groups excluding carboxylic acids is 1. The van der Waals surface area contributed by atoms with E-state index < -0.39 is 5.97 Å². The van der Waals surface area contributed by atoms with Gasteiger partial charge in [-0.2, -0.15) is 0 Å². The van der Waals surface area contributed by atoms with Crippen LogP contribution in [-0.4, -0.2) is 18.2 Å². The quantitative estimate of drug-likeness (QED) is 0.722. The molecule has 0 heterocycles. The molecule has 0 atom stereocenters. The Kier molecular flexibility index (Phi) is 2.29. The number of phenols is 1. The van der Waals surface area contributed by atoms with Crippen molar-refractivity contribution >= 4 is 16.7 Å². The lowest BCUT2D eigenvalue weighted by atomic mass is 10.0. The lowest BCUT2D eigenvalue weighted by Crippen LogP contribution is -2.01. The van der Waals surface area contributed by atoms with E-state index in [0.717, 1.165) is 5.39 Å². The van der Waals surface area contributed by atoms with Crippen molar-refractivity contribution in [1.82, 2.24) is 0 Å². The number of rotatable bonds is 1. The van der Waals surface area contributed by atoms with Gasteiger partial charge in [0.25, 0.3) is 0 Å². The molecule has 0 radical (unpaired) electrons. The minimum absolute atomic E-state index is 0.0912. The first-order chi connectivity index (χ1) is 7.24. The number of methoxy groups -OCH3 is 1. The summed E-state index contributed by atoms with van der Waals surface area (Å²) in [6.45, 7) is 0. The van der Waals surface area contributed by atoms with Crippen LogP contribution >= 0.6 is 0 Å². The normalized spacial score (nSPS) is 10.2. The second kappa shape index (κ2) is 3.61. The van der Waals surface area contributed by atoms with Crippen molar-refractivity contribution < 1.29 is 14.6 Å². The first-order valence-corrected chi connectivity index (χ1v) is 4.53. The molecular formula is C12H10O3. The molecule has 0 spiro atoms. The number of carbonyl (C=O) groups is 1. The van der Waals surface area contributed by atoms with E-state index in [1.165, 1.54) is 7.11 Å². The highest BCUT2D eigenvalue weighted by Crippen LogP contribution is 2.28. The summed E-state index contributed by atoms with van der Waals surface area (Å²) in [5, 5.41) is 11.0. The first kappa shape index (κ1) is 9.52. The zero-order valence-corrected chi connectivity index (χ0v) is 8.23. The van der Waals surface area contributed by atoms with Crippen LogP contribution in [-0.2, 0) is 4.74 Å². The van der Waals surface area contributed by atoms with Gasteiger partial charge in [0, 0.05) is 5.39 Å². The average molecular weight is 202 g/mol. The number of hydrogen-bond acceptors (Lipinski definition) is 3. The van der Waals surface area contributed by atoms with E-state index in [0.29, 0.717) is 10.9 Å². The fourth-order valence-electron chi connectivity index (χ4n) is 1.60. The van der Waals surface area contributed by atoms with Crippen LogP contribution in [0.4, 0.5) is 0 Å². The molecule has 15 heavy (non-hydrogen) atoms. The van der Waals surface area contributed by atoms with E-state index in [-0.39, 0.29) is 5.75 Å². The molecule has 2 rings (SSSR count). The zero-order chi connectivity index (χ0) is 10.8. The summed E-state index contributed by atoms with van der Waals surface area (Å²) in [7, 11) is 1.32. The van der Waals surface area contributed by atoms with Crippen LogP contribution in [0, 0.1) is 0 Å². The summed E-state index contributed by atoms with van der Waals surface area (Å²) in [6.07, 6.45) is 0. The van der Waals surface area contributed by atoms with Gasteiger partial charge < -0.3 is 9.84 Å². The van der Waals surface area contributed by atoms with Crippen LogP contribution in [0.25, 0.3) is 10.8 Å². The monoisotopic (exact) mass is 202 g/mol. The third-order valence-electron chi connectivity index (χ3n) is 2.29. The van der Waals surface area contributed by atoms with Crippen molar-refractivity contribution in [2.24, 2.45) is 0 Å². The Balaban J connectivity index is 2.80. The molecule has 0 aromatic heterocycles. The number of phenolic OH excluding ortho intramolecular Hbond substituents is 1. The van der Waals surface area contributed by atoms with Crippen molar-refractivity contribution in [3.8, 4) is 5.75 Å². The number of hydrogen-bond donors (Lipinski definition) is 1. The number of aromatic hydroxyl groups is 1. The van der Waals surface area contributed by atoms with Gasteiger partial charge in [0.05, 0.1) is 12.7 Å². The molecule has 0 saturated carbocycles. The molecule has 0 aliphatic heterocycles. The summed E-state index contributed by atoms with van der Waals surface area (Å²) >= 11 is 0. The van der Waals surface area contributed by atoms with Crippen LogP contribution in [0.3, 0.4) is 0 Å². The van der Waals surface area contributed by atoms with Crippen molar-refractivity contribution in [2.75, 3.05) is 7.11 Å². The maximum absolute atomic E-state index is 11.4. The van der Waals surface area contributed by atoms with Gasteiger partial charge in [-0.1, -0.05) is 24.3 Å². The summed E-state index contributed by atoms with van der Waals surface area (Å²) in [5.74, 6) is -0.351. The third-order valence-corrected chi connectivity index (χ3v) is 2.29. The second-order valence-electron chi connectivity index (χ2n) is 3.17. The van der Waals surface area contributed by atoms with Gasteiger partial charge in [-0.05, 0) is 17.5 Å². The molecule has 2 aromatic rings. The Labute approximate surface area is 86.9 Å². The zero-order valence-electron chi connectivity index (χ0n) is 8.23. The minimum Gasteiger partial charge on any atom is -0.507 e. The van der Waals surface area contributed by atoms with E-state index in [9.17, 15) is 9.90 Å². The SMILES string of the molecule is COC(=O)c1cccc2cccc(O)c12. The summed E-state index contributed by atoms with van der Waals surface area (Å²) in [4.78, 5) is 11.4. The maximum Gasteiger partial charge on any atom is 0.338 e.